The fourth-order valence-corrected chi connectivity index (χ4v) is 3.20. The van der Waals surface area contributed by atoms with Crippen LogP contribution in [0.5, 0.6) is 0 Å². The third kappa shape index (κ3) is 5.56. The fourth-order valence-electron chi connectivity index (χ4n) is 3.20. The predicted molar refractivity (Wildman–Crippen MR) is 115 cm³/mol. The van der Waals surface area contributed by atoms with E-state index in [0.29, 0.717) is 19.5 Å². The van der Waals surface area contributed by atoms with Gasteiger partial charge in [0.2, 0.25) is 5.91 Å². The smallest absolute Gasteiger partial charge is 0.227 e. The largest absolute Gasteiger partial charge is 0.356 e. The lowest BCUT2D eigenvalue weighted by Crippen LogP contribution is -2.38. The van der Waals surface area contributed by atoms with Gasteiger partial charge in [-0.15, -0.1) is 10.2 Å². The van der Waals surface area contributed by atoms with Gasteiger partial charge in [0.05, 0.1) is 13.1 Å². The molecule has 1 aliphatic heterocycles. The summed E-state index contributed by atoms with van der Waals surface area (Å²) in [5, 5.41) is 15.0. The summed E-state index contributed by atoms with van der Waals surface area (Å²) in [5.41, 5.74) is 2.07. The van der Waals surface area contributed by atoms with E-state index < -0.39 is 0 Å². The van der Waals surface area contributed by atoms with Gasteiger partial charge in [0.15, 0.2) is 11.8 Å². The van der Waals surface area contributed by atoms with Crippen molar-refractivity contribution in [1.82, 2.24) is 25.4 Å². The molecule has 8 nitrogen and oxygen atoms in total. The highest BCUT2D eigenvalue weighted by Crippen LogP contribution is 2.21. The number of aliphatic imine (C=N–C) groups is 1. The van der Waals surface area contributed by atoms with E-state index in [-0.39, 0.29) is 5.91 Å². The molecule has 2 heterocycles. The minimum Gasteiger partial charge on any atom is -0.356 e. The molecule has 0 unspecified atom stereocenters. The highest BCUT2D eigenvalue weighted by molar-refractivity contribution is 5.95. The van der Waals surface area contributed by atoms with E-state index in [0.717, 1.165) is 61.2 Å². The number of aromatic nitrogens is 3. The van der Waals surface area contributed by atoms with Crippen molar-refractivity contribution in [2.24, 2.45) is 12.0 Å². The molecule has 0 radical (unpaired) electrons. The van der Waals surface area contributed by atoms with Crippen LogP contribution in [0, 0.1) is 6.92 Å². The van der Waals surface area contributed by atoms with Crippen LogP contribution in [0.15, 0.2) is 29.3 Å². The normalized spacial score (nSPS) is 14.5. The molecule has 0 saturated carbocycles. The number of nitrogens with zero attached hydrogens (tertiary/aromatic N) is 5. The standard InChI is InChI=1S/C21H31N7O/c1-4-5-12-22-21(24-15-19-26-25-16(2)27(19)3)23-14-17-8-10-18(11-9-17)28-13-6-7-20(28)29/h8-11H,4-7,12-15H2,1-3H3,(H2,22,23,24). The molecule has 3 rings (SSSR count). The first kappa shape index (κ1) is 20.8. The number of guanidine groups is 1. The molecule has 1 amide bonds. The molecule has 8 heteroatoms. The van der Waals surface area contributed by atoms with Crippen LogP contribution in [-0.2, 0) is 24.9 Å². The number of anilines is 1. The first-order valence-electron chi connectivity index (χ1n) is 10.3. The third-order valence-electron chi connectivity index (χ3n) is 5.16. The zero-order valence-corrected chi connectivity index (χ0v) is 17.6. The number of carbonyl (C=O) groups is 1. The second-order valence-electron chi connectivity index (χ2n) is 7.34. The summed E-state index contributed by atoms with van der Waals surface area (Å²) in [6.45, 7) is 6.91. The first-order valence-corrected chi connectivity index (χ1v) is 10.3. The molecule has 0 bridgehead atoms. The van der Waals surface area contributed by atoms with E-state index in [1.54, 1.807) is 0 Å². The average Bonchev–Trinajstić information content (AvgIpc) is 3.30. The van der Waals surface area contributed by atoms with Crippen LogP contribution >= 0.6 is 0 Å². The SMILES string of the molecule is CCCCNC(=NCc1ccc(N2CCCC2=O)cc1)NCc1nnc(C)n1C. The van der Waals surface area contributed by atoms with Gasteiger partial charge in [-0.1, -0.05) is 25.5 Å². The van der Waals surface area contributed by atoms with Gasteiger partial charge in [0.25, 0.3) is 0 Å². The van der Waals surface area contributed by atoms with E-state index in [1.807, 2.05) is 47.7 Å². The van der Waals surface area contributed by atoms with Crippen LogP contribution in [0.25, 0.3) is 0 Å². The summed E-state index contributed by atoms with van der Waals surface area (Å²) < 4.78 is 1.97. The molecule has 1 aliphatic rings. The van der Waals surface area contributed by atoms with Crippen molar-refractivity contribution in [3.63, 3.8) is 0 Å². The number of unbranched alkanes of at least 4 members (excludes halogenated alkanes) is 1. The molecule has 0 spiro atoms. The van der Waals surface area contributed by atoms with Gasteiger partial charge in [0, 0.05) is 32.2 Å². The van der Waals surface area contributed by atoms with Gasteiger partial charge in [-0.25, -0.2) is 4.99 Å². The zero-order chi connectivity index (χ0) is 20.6. The van der Waals surface area contributed by atoms with Gasteiger partial charge in [-0.3, -0.25) is 4.79 Å². The van der Waals surface area contributed by atoms with Crippen molar-refractivity contribution in [2.45, 2.75) is 52.6 Å². The Bertz CT molecular complexity index is 841. The molecule has 1 saturated heterocycles. The Morgan fingerprint density at radius 2 is 2.00 bits per heavy atom. The van der Waals surface area contributed by atoms with Gasteiger partial charge in [-0.2, -0.15) is 0 Å². The summed E-state index contributed by atoms with van der Waals surface area (Å²) in [6, 6.07) is 8.10. The Labute approximate surface area is 172 Å². The second-order valence-corrected chi connectivity index (χ2v) is 7.34. The van der Waals surface area contributed by atoms with Crippen molar-refractivity contribution >= 4 is 17.6 Å². The fraction of sp³-hybridized carbons (Fsp3) is 0.524. The molecule has 0 atom stereocenters. The number of hydrogen-bond acceptors (Lipinski definition) is 4. The molecule has 29 heavy (non-hydrogen) atoms. The van der Waals surface area contributed by atoms with Crippen molar-refractivity contribution in [3.05, 3.63) is 41.5 Å². The summed E-state index contributed by atoms with van der Waals surface area (Å²) >= 11 is 0. The van der Waals surface area contributed by atoms with Crippen molar-refractivity contribution in [2.75, 3.05) is 18.0 Å². The Kier molecular flexibility index (Phi) is 7.21. The maximum absolute atomic E-state index is 11.9. The van der Waals surface area contributed by atoms with E-state index in [1.165, 1.54) is 0 Å². The molecule has 0 aliphatic carbocycles. The lowest BCUT2D eigenvalue weighted by Gasteiger charge is -2.16. The van der Waals surface area contributed by atoms with E-state index in [2.05, 4.69) is 27.8 Å². The molecule has 1 fully saturated rings. The second kappa shape index (κ2) is 10.0. The molecule has 1 aromatic carbocycles. The van der Waals surface area contributed by atoms with Crippen LogP contribution < -0.4 is 15.5 Å². The molecule has 156 valence electrons. The number of aryl methyl sites for hydroxylation is 1. The molecule has 1 aromatic heterocycles. The van der Waals surface area contributed by atoms with E-state index in [4.69, 9.17) is 4.99 Å². The number of amides is 1. The number of hydrogen-bond donors (Lipinski definition) is 2. The molecule has 2 aromatic rings. The average molecular weight is 398 g/mol. The molecule has 2 N–H and O–H groups in total. The Morgan fingerprint density at radius 1 is 1.21 bits per heavy atom. The number of benzene rings is 1. The number of rotatable bonds is 8. The highest BCUT2D eigenvalue weighted by Gasteiger charge is 2.21. The summed E-state index contributed by atoms with van der Waals surface area (Å²) in [4.78, 5) is 18.5. The lowest BCUT2D eigenvalue weighted by molar-refractivity contribution is -0.117. The van der Waals surface area contributed by atoms with Crippen LogP contribution in [0.2, 0.25) is 0 Å². The van der Waals surface area contributed by atoms with Crippen LogP contribution in [0.1, 0.15) is 49.8 Å². The first-order chi connectivity index (χ1) is 14.1. The van der Waals surface area contributed by atoms with Crippen LogP contribution in [0.3, 0.4) is 0 Å². The Hall–Kier alpha value is -2.90. The monoisotopic (exact) mass is 397 g/mol. The van der Waals surface area contributed by atoms with Crippen LogP contribution in [0.4, 0.5) is 5.69 Å². The Balaban J connectivity index is 1.61. The molecular formula is C21H31N7O. The van der Waals surface area contributed by atoms with Gasteiger partial charge in [0.1, 0.15) is 5.82 Å². The maximum Gasteiger partial charge on any atom is 0.227 e. The van der Waals surface area contributed by atoms with Gasteiger partial charge < -0.3 is 20.1 Å². The van der Waals surface area contributed by atoms with E-state index in [9.17, 15) is 4.79 Å². The quantitative estimate of drug-likeness (QED) is 0.405. The zero-order valence-electron chi connectivity index (χ0n) is 17.6. The topological polar surface area (TPSA) is 87.4 Å². The number of carbonyl (C=O) groups excluding carboxylic acids is 1. The highest BCUT2D eigenvalue weighted by atomic mass is 16.2. The van der Waals surface area contributed by atoms with Crippen LogP contribution in [-0.4, -0.2) is 39.7 Å². The minimum atomic E-state index is 0.210. The van der Waals surface area contributed by atoms with Crippen molar-refractivity contribution in [1.29, 1.82) is 0 Å². The lowest BCUT2D eigenvalue weighted by atomic mass is 10.2. The van der Waals surface area contributed by atoms with Gasteiger partial charge in [-0.05, 0) is 37.5 Å². The summed E-state index contributed by atoms with van der Waals surface area (Å²) in [5.74, 6) is 2.72. The van der Waals surface area contributed by atoms with E-state index >= 15 is 0 Å². The minimum absolute atomic E-state index is 0.210. The van der Waals surface area contributed by atoms with Gasteiger partial charge >= 0.3 is 0 Å². The third-order valence-corrected chi connectivity index (χ3v) is 5.16. The molecular weight excluding hydrogens is 366 g/mol. The summed E-state index contributed by atoms with van der Waals surface area (Å²) in [6.07, 6.45) is 3.80. The number of nitrogens with one attached hydrogen (secondary N) is 2. The van der Waals surface area contributed by atoms with Crippen molar-refractivity contribution in [3.8, 4) is 0 Å². The Morgan fingerprint density at radius 3 is 2.62 bits per heavy atom. The predicted octanol–water partition coefficient (Wildman–Crippen LogP) is 2.29. The maximum atomic E-state index is 11.9. The summed E-state index contributed by atoms with van der Waals surface area (Å²) in [7, 11) is 1.96. The van der Waals surface area contributed by atoms with Crippen molar-refractivity contribution < 1.29 is 4.79 Å².